The molecule has 0 aromatic heterocycles. The quantitative estimate of drug-likeness (QED) is 0.0413. The average molecular weight is 559 g/mol. The summed E-state index contributed by atoms with van der Waals surface area (Å²) in [7, 11) is 0. The van der Waals surface area contributed by atoms with Crippen LogP contribution in [0.25, 0.3) is 0 Å². The third-order valence-electron chi connectivity index (χ3n) is 6.10. The number of nitrogens with zero attached hydrogens (tertiary/aromatic N) is 3. The summed E-state index contributed by atoms with van der Waals surface area (Å²) < 4.78 is 0. The lowest BCUT2D eigenvalue weighted by atomic mass is 10.2. The predicted molar refractivity (Wildman–Crippen MR) is 145 cm³/mol. The van der Waals surface area contributed by atoms with Crippen LogP contribution in [0.2, 0.25) is 0 Å². The minimum atomic E-state index is -0.529. The summed E-state index contributed by atoms with van der Waals surface area (Å²) in [5, 5.41) is 27.5. The number of carbonyl (C=O) groups is 5. The molecule has 0 aliphatic carbocycles. The van der Waals surface area contributed by atoms with E-state index in [1.54, 1.807) is 0 Å². The Kier molecular flexibility index (Phi) is 21.5. The minimum Gasteiger partial charge on any atom is -0.356 e. The van der Waals surface area contributed by atoms with Crippen molar-refractivity contribution in [1.82, 2.24) is 25.8 Å². The number of amides is 5. The van der Waals surface area contributed by atoms with Crippen molar-refractivity contribution in [1.29, 1.82) is 0 Å². The number of hydrogen-bond donors (Lipinski definition) is 5. The van der Waals surface area contributed by atoms with Crippen molar-refractivity contribution in [2.75, 3.05) is 32.7 Å². The Labute approximate surface area is 232 Å². The molecule has 13 nitrogen and oxygen atoms in total. The summed E-state index contributed by atoms with van der Waals surface area (Å²) in [6.45, 7) is 5.22. The van der Waals surface area contributed by atoms with Crippen LogP contribution in [0.4, 0.5) is 0 Å². The van der Waals surface area contributed by atoms with E-state index in [2.05, 4.69) is 17.6 Å². The summed E-state index contributed by atoms with van der Waals surface area (Å²) in [6.07, 6.45) is 7.76. The van der Waals surface area contributed by atoms with Gasteiger partial charge >= 0.3 is 0 Å². The van der Waals surface area contributed by atoms with Gasteiger partial charge in [0, 0.05) is 65.3 Å². The number of hydrazine groups is 1. The third kappa shape index (κ3) is 20.8. The first-order chi connectivity index (χ1) is 18.6. The summed E-state index contributed by atoms with van der Waals surface area (Å²) in [5.41, 5.74) is 0. The maximum Gasteiger partial charge on any atom is 0.246 e. The largest absolute Gasteiger partial charge is 0.356 e. The Hall–Kier alpha value is -2.77. The van der Waals surface area contributed by atoms with Crippen molar-refractivity contribution in [2.24, 2.45) is 5.84 Å². The first-order valence-corrected chi connectivity index (χ1v) is 14.1. The first kappa shape index (κ1) is 36.2. The van der Waals surface area contributed by atoms with E-state index in [0.717, 1.165) is 50.0 Å². The van der Waals surface area contributed by atoms with Gasteiger partial charge in [0.2, 0.25) is 29.5 Å². The fraction of sp³-hybridized carbons (Fsp3) is 0.808. The van der Waals surface area contributed by atoms with Gasteiger partial charge in [-0.2, -0.15) is 0 Å². The van der Waals surface area contributed by atoms with Gasteiger partial charge in [0.25, 0.3) is 0 Å². The standard InChI is InChI=1S/C26H50N6O7/c1-3-4-5-11-20-31(38)25(36)15-13-24(35)29-18-9-7-12-21-32(39)26(37)16-14-23(34)28-17-8-6-10-19-30(27)22(2)33/h38-39H,3-21,27H2,1-2H3,(H,28,34)(H,29,35). The fourth-order valence-electron chi connectivity index (χ4n) is 3.57. The lowest BCUT2D eigenvalue weighted by Crippen LogP contribution is -2.36. The molecule has 0 unspecified atom stereocenters. The fourth-order valence-corrected chi connectivity index (χ4v) is 3.57. The van der Waals surface area contributed by atoms with E-state index in [1.807, 2.05) is 0 Å². The lowest BCUT2D eigenvalue weighted by molar-refractivity contribution is -0.166. The molecule has 226 valence electrons. The second kappa shape index (κ2) is 23.1. The van der Waals surface area contributed by atoms with Gasteiger partial charge in [-0.25, -0.2) is 16.0 Å². The predicted octanol–water partition coefficient (Wildman–Crippen LogP) is 1.86. The van der Waals surface area contributed by atoms with Gasteiger partial charge in [-0.3, -0.25) is 39.4 Å². The molecule has 0 radical (unpaired) electrons. The Morgan fingerprint density at radius 1 is 0.615 bits per heavy atom. The highest BCUT2D eigenvalue weighted by molar-refractivity contribution is 5.83. The number of hydrogen-bond acceptors (Lipinski definition) is 8. The van der Waals surface area contributed by atoms with Crippen LogP contribution < -0.4 is 16.5 Å². The van der Waals surface area contributed by atoms with Crippen LogP contribution in [0, 0.1) is 0 Å². The van der Waals surface area contributed by atoms with Crippen LogP contribution in [0.15, 0.2) is 0 Å². The van der Waals surface area contributed by atoms with E-state index in [4.69, 9.17) is 5.84 Å². The highest BCUT2D eigenvalue weighted by atomic mass is 16.5. The van der Waals surface area contributed by atoms with Crippen LogP contribution in [0.1, 0.15) is 104 Å². The molecule has 0 aromatic carbocycles. The molecule has 0 aromatic rings. The van der Waals surface area contributed by atoms with Crippen molar-refractivity contribution in [3.05, 3.63) is 0 Å². The molecule has 0 atom stereocenters. The first-order valence-electron chi connectivity index (χ1n) is 14.1. The molecule has 0 saturated carbocycles. The molecule has 0 aliphatic rings. The van der Waals surface area contributed by atoms with E-state index < -0.39 is 11.8 Å². The van der Waals surface area contributed by atoms with Gasteiger partial charge < -0.3 is 10.6 Å². The molecule has 0 bridgehead atoms. The summed E-state index contributed by atoms with van der Waals surface area (Å²) in [5.74, 6) is 3.78. The number of rotatable bonds is 23. The zero-order valence-electron chi connectivity index (χ0n) is 23.8. The Morgan fingerprint density at radius 3 is 1.44 bits per heavy atom. The van der Waals surface area contributed by atoms with Gasteiger partial charge in [0.15, 0.2) is 0 Å². The van der Waals surface area contributed by atoms with Gasteiger partial charge in [0.05, 0.1) is 0 Å². The summed E-state index contributed by atoms with van der Waals surface area (Å²) >= 11 is 0. The molecular weight excluding hydrogens is 508 g/mol. The van der Waals surface area contributed by atoms with Crippen LogP contribution in [0.5, 0.6) is 0 Å². The number of unbranched alkanes of at least 4 members (excludes halogenated alkanes) is 7. The molecule has 39 heavy (non-hydrogen) atoms. The number of hydroxylamine groups is 4. The van der Waals surface area contributed by atoms with Crippen molar-refractivity contribution in [3.63, 3.8) is 0 Å². The normalized spacial score (nSPS) is 10.6. The van der Waals surface area contributed by atoms with Crippen molar-refractivity contribution < 1.29 is 34.4 Å². The molecule has 0 spiro atoms. The Bertz CT molecular complexity index is 738. The number of carbonyl (C=O) groups excluding carboxylic acids is 5. The van der Waals surface area contributed by atoms with Gasteiger partial charge in [0.1, 0.15) is 0 Å². The summed E-state index contributed by atoms with van der Waals surface area (Å²) in [6, 6.07) is 0. The second-order valence-electron chi connectivity index (χ2n) is 9.63. The monoisotopic (exact) mass is 558 g/mol. The van der Waals surface area contributed by atoms with Crippen molar-refractivity contribution >= 4 is 29.5 Å². The Balaban J connectivity index is 3.75. The second-order valence-corrected chi connectivity index (χ2v) is 9.63. The van der Waals surface area contributed by atoms with Gasteiger partial charge in [-0.05, 0) is 44.9 Å². The van der Waals surface area contributed by atoms with E-state index >= 15 is 0 Å². The summed E-state index contributed by atoms with van der Waals surface area (Å²) in [4.78, 5) is 58.6. The number of nitrogens with one attached hydrogen (secondary N) is 2. The van der Waals surface area contributed by atoms with E-state index in [1.165, 1.54) is 6.92 Å². The van der Waals surface area contributed by atoms with Gasteiger partial charge in [-0.15, -0.1) is 0 Å². The van der Waals surface area contributed by atoms with Crippen LogP contribution in [0.3, 0.4) is 0 Å². The lowest BCUT2D eigenvalue weighted by Gasteiger charge is -2.15. The molecule has 13 heteroatoms. The zero-order valence-corrected chi connectivity index (χ0v) is 23.8. The highest BCUT2D eigenvalue weighted by Crippen LogP contribution is 2.04. The molecular formula is C26H50N6O7. The Morgan fingerprint density at radius 2 is 1.03 bits per heavy atom. The zero-order chi connectivity index (χ0) is 29.5. The van der Waals surface area contributed by atoms with Crippen molar-refractivity contribution in [2.45, 2.75) is 104 Å². The van der Waals surface area contributed by atoms with E-state index in [-0.39, 0.29) is 56.5 Å². The molecule has 0 fully saturated rings. The molecule has 5 amide bonds. The average Bonchev–Trinajstić information content (AvgIpc) is 2.91. The molecule has 0 saturated heterocycles. The molecule has 6 N–H and O–H groups in total. The molecule has 0 rings (SSSR count). The minimum absolute atomic E-state index is 0.00546. The van der Waals surface area contributed by atoms with Gasteiger partial charge in [-0.1, -0.05) is 26.2 Å². The SMILES string of the molecule is CCCCCCN(O)C(=O)CCC(=O)NCCCCCN(O)C(=O)CCC(=O)NCCCCCN(N)C(C)=O. The number of nitrogens with two attached hydrogens (primary N) is 1. The molecule has 0 heterocycles. The van der Waals surface area contributed by atoms with Crippen LogP contribution in [-0.4, -0.2) is 87.8 Å². The van der Waals surface area contributed by atoms with Crippen molar-refractivity contribution in [3.8, 4) is 0 Å². The van der Waals surface area contributed by atoms with Crippen LogP contribution >= 0.6 is 0 Å². The molecule has 0 aliphatic heterocycles. The highest BCUT2D eigenvalue weighted by Gasteiger charge is 2.14. The van der Waals surface area contributed by atoms with E-state index in [0.29, 0.717) is 49.0 Å². The maximum atomic E-state index is 12.0. The van der Waals surface area contributed by atoms with Crippen LogP contribution in [-0.2, 0) is 24.0 Å². The van der Waals surface area contributed by atoms with E-state index in [9.17, 15) is 34.4 Å². The maximum absolute atomic E-state index is 12.0. The topological polar surface area (TPSA) is 186 Å². The smallest absolute Gasteiger partial charge is 0.246 e. The third-order valence-corrected chi connectivity index (χ3v) is 6.10.